The van der Waals surface area contributed by atoms with Gasteiger partial charge in [-0.2, -0.15) is 0 Å². The van der Waals surface area contributed by atoms with Crippen molar-refractivity contribution in [2.24, 2.45) is 11.7 Å². The molecule has 0 aromatic heterocycles. The van der Waals surface area contributed by atoms with Gasteiger partial charge in [-0.15, -0.1) is 12.4 Å². The maximum atomic E-state index is 13.6. The van der Waals surface area contributed by atoms with Crippen LogP contribution in [0, 0.1) is 11.7 Å². The minimum atomic E-state index is -0.597. The monoisotopic (exact) mass is 289 g/mol. The number of aliphatic hydroxyl groups excluding tert-OH is 1. The van der Waals surface area contributed by atoms with Crippen LogP contribution >= 0.6 is 12.4 Å². The van der Waals surface area contributed by atoms with Gasteiger partial charge < -0.3 is 15.6 Å². The van der Waals surface area contributed by atoms with Gasteiger partial charge in [0.15, 0.2) is 11.6 Å². The predicted molar refractivity (Wildman–Crippen MR) is 75.1 cm³/mol. The highest BCUT2D eigenvalue weighted by Crippen LogP contribution is 2.33. The molecule has 0 radical (unpaired) electrons. The van der Waals surface area contributed by atoms with Crippen molar-refractivity contribution < 1.29 is 14.2 Å². The first-order valence-corrected chi connectivity index (χ1v) is 6.40. The van der Waals surface area contributed by atoms with Crippen LogP contribution in [-0.2, 0) is 0 Å². The molecule has 5 heteroatoms. The second-order valence-electron chi connectivity index (χ2n) is 4.95. The average molecular weight is 290 g/mol. The molecule has 0 heterocycles. The maximum Gasteiger partial charge on any atom is 0.165 e. The Morgan fingerprint density at radius 2 is 2.00 bits per heavy atom. The first-order chi connectivity index (χ1) is 8.63. The number of nitrogens with two attached hydrogens (primary N) is 1. The third-order valence-corrected chi connectivity index (χ3v) is 3.81. The van der Waals surface area contributed by atoms with Crippen molar-refractivity contribution in [1.82, 2.24) is 0 Å². The molecule has 2 rings (SSSR count). The van der Waals surface area contributed by atoms with Crippen molar-refractivity contribution in [3.63, 3.8) is 0 Å². The number of rotatable bonds is 4. The van der Waals surface area contributed by atoms with E-state index in [9.17, 15) is 9.50 Å². The summed E-state index contributed by atoms with van der Waals surface area (Å²) in [5, 5.41) is 10.2. The number of ether oxygens (including phenoxy) is 1. The van der Waals surface area contributed by atoms with Gasteiger partial charge in [-0.1, -0.05) is 18.9 Å². The quantitative estimate of drug-likeness (QED) is 0.896. The summed E-state index contributed by atoms with van der Waals surface area (Å²) in [6.07, 6.45) is 3.71. The van der Waals surface area contributed by atoms with Gasteiger partial charge in [-0.05, 0) is 36.5 Å². The summed E-state index contributed by atoms with van der Waals surface area (Å²) in [4.78, 5) is 0. The van der Waals surface area contributed by atoms with Crippen molar-refractivity contribution in [1.29, 1.82) is 0 Å². The van der Waals surface area contributed by atoms with Crippen LogP contribution in [0.4, 0.5) is 4.39 Å². The van der Waals surface area contributed by atoms with Gasteiger partial charge in [0.1, 0.15) is 0 Å². The Kier molecular flexibility index (Phi) is 6.04. The first-order valence-electron chi connectivity index (χ1n) is 6.40. The summed E-state index contributed by atoms with van der Waals surface area (Å²) >= 11 is 0. The molecule has 2 atom stereocenters. The van der Waals surface area contributed by atoms with E-state index in [1.807, 2.05) is 0 Å². The molecule has 1 fully saturated rings. The lowest BCUT2D eigenvalue weighted by Gasteiger charge is -2.24. The molecule has 0 aliphatic heterocycles. The van der Waals surface area contributed by atoms with Gasteiger partial charge in [0.25, 0.3) is 0 Å². The molecule has 0 amide bonds. The first kappa shape index (κ1) is 16.2. The van der Waals surface area contributed by atoms with Gasteiger partial charge in [0.05, 0.1) is 19.3 Å². The van der Waals surface area contributed by atoms with Crippen LogP contribution in [0.25, 0.3) is 0 Å². The number of halogens is 2. The zero-order chi connectivity index (χ0) is 13.1. The van der Waals surface area contributed by atoms with Crippen molar-refractivity contribution in [3.8, 4) is 5.75 Å². The van der Waals surface area contributed by atoms with Crippen LogP contribution in [0.15, 0.2) is 18.2 Å². The van der Waals surface area contributed by atoms with Crippen LogP contribution in [-0.4, -0.2) is 18.3 Å². The van der Waals surface area contributed by atoms with Crippen molar-refractivity contribution >= 4 is 12.4 Å². The maximum absolute atomic E-state index is 13.6. The van der Waals surface area contributed by atoms with E-state index in [0.29, 0.717) is 5.56 Å². The smallest absolute Gasteiger partial charge is 0.165 e. The minimum Gasteiger partial charge on any atom is -0.494 e. The fourth-order valence-electron chi connectivity index (χ4n) is 2.68. The highest BCUT2D eigenvalue weighted by atomic mass is 35.5. The molecule has 0 saturated heterocycles. The van der Waals surface area contributed by atoms with Gasteiger partial charge in [-0.3, -0.25) is 0 Å². The number of benzene rings is 1. The van der Waals surface area contributed by atoms with Gasteiger partial charge in [0.2, 0.25) is 0 Å². The predicted octanol–water partition coefficient (Wildman–Crippen LogP) is 2.81. The number of hydrogen-bond donors (Lipinski definition) is 2. The van der Waals surface area contributed by atoms with E-state index in [2.05, 4.69) is 0 Å². The number of hydrogen-bond acceptors (Lipinski definition) is 3. The van der Waals surface area contributed by atoms with Crippen LogP contribution < -0.4 is 10.5 Å². The van der Waals surface area contributed by atoms with E-state index < -0.39 is 18.0 Å². The molecular formula is C14H21ClFNO2. The molecule has 1 aromatic carbocycles. The lowest BCUT2D eigenvalue weighted by atomic mass is 9.91. The highest BCUT2D eigenvalue weighted by Gasteiger charge is 2.29. The van der Waals surface area contributed by atoms with E-state index in [1.165, 1.54) is 13.2 Å². The molecular weight excluding hydrogens is 269 g/mol. The van der Waals surface area contributed by atoms with E-state index in [0.717, 1.165) is 25.7 Å². The Balaban J connectivity index is 0.00000180. The third kappa shape index (κ3) is 3.59. The van der Waals surface area contributed by atoms with Crippen molar-refractivity contribution in [3.05, 3.63) is 29.6 Å². The fourth-order valence-corrected chi connectivity index (χ4v) is 2.68. The summed E-state index contributed by atoms with van der Waals surface area (Å²) in [6.45, 7) is 0. The topological polar surface area (TPSA) is 55.5 Å². The van der Waals surface area contributed by atoms with Crippen molar-refractivity contribution in [2.75, 3.05) is 7.11 Å². The van der Waals surface area contributed by atoms with Crippen LogP contribution in [0.5, 0.6) is 5.75 Å². The third-order valence-electron chi connectivity index (χ3n) is 3.81. The normalized spacial score (nSPS) is 18.7. The Hall–Kier alpha value is -0.840. The minimum absolute atomic E-state index is 0. The Labute approximate surface area is 119 Å². The molecule has 0 bridgehead atoms. The van der Waals surface area contributed by atoms with E-state index in [1.54, 1.807) is 12.1 Å². The fraction of sp³-hybridized carbons (Fsp3) is 0.571. The molecule has 19 heavy (non-hydrogen) atoms. The molecule has 0 unspecified atom stereocenters. The largest absolute Gasteiger partial charge is 0.494 e. The molecule has 1 aromatic rings. The molecule has 1 saturated carbocycles. The zero-order valence-corrected chi connectivity index (χ0v) is 11.8. The van der Waals surface area contributed by atoms with E-state index in [4.69, 9.17) is 10.5 Å². The summed E-state index contributed by atoms with van der Waals surface area (Å²) in [6, 6.07) is 4.08. The lowest BCUT2D eigenvalue weighted by molar-refractivity contribution is 0.0844. The van der Waals surface area contributed by atoms with Gasteiger partial charge in [-0.25, -0.2) is 4.39 Å². The van der Waals surface area contributed by atoms with Crippen LogP contribution in [0.2, 0.25) is 0 Å². The standard InChI is InChI=1S/C14H20FNO2.ClH/c1-18-12-7-6-10(8-11(12)15)13(16)14(17)9-4-2-3-5-9;/h6-9,13-14,17H,2-5,16H2,1H3;1H/t13-,14+;/m1./s1. The van der Waals surface area contributed by atoms with Crippen LogP contribution in [0.1, 0.15) is 37.3 Å². The van der Waals surface area contributed by atoms with Crippen molar-refractivity contribution in [2.45, 2.75) is 37.8 Å². The second-order valence-corrected chi connectivity index (χ2v) is 4.95. The number of methoxy groups -OCH3 is 1. The Morgan fingerprint density at radius 3 is 2.53 bits per heavy atom. The number of aliphatic hydroxyl groups is 1. The van der Waals surface area contributed by atoms with E-state index >= 15 is 0 Å². The zero-order valence-electron chi connectivity index (χ0n) is 11.0. The lowest BCUT2D eigenvalue weighted by Crippen LogP contribution is -2.32. The summed E-state index contributed by atoms with van der Waals surface area (Å²) in [5.41, 5.74) is 6.64. The van der Waals surface area contributed by atoms with Gasteiger partial charge >= 0.3 is 0 Å². The second kappa shape index (κ2) is 7.08. The van der Waals surface area contributed by atoms with Crippen LogP contribution in [0.3, 0.4) is 0 Å². The van der Waals surface area contributed by atoms with Gasteiger partial charge in [0, 0.05) is 0 Å². The summed E-state index contributed by atoms with van der Waals surface area (Å²) in [7, 11) is 1.42. The highest BCUT2D eigenvalue weighted by molar-refractivity contribution is 5.85. The average Bonchev–Trinajstić information content (AvgIpc) is 2.90. The summed E-state index contributed by atoms with van der Waals surface area (Å²) in [5.74, 6) is -0.00413. The summed E-state index contributed by atoms with van der Waals surface area (Å²) < 4.78 is 18.5. The molecule has 108 valence electrons. The van der Waals surface area contributed by atoms with E-state index in [-0.39, 0.29) is 24.1 Å². The molecule has 1 aliphatic rings. The molecule has 3 nitrogen and oxygen atoms in total. The molecule has 0 spiro atoms. The Bertz CT molecular complexity index is 410. The molecule has 3 N–H and O–H groups in total. The molecule has 1 aliphatic carbocycles. The SMILES string of the molecule is COc1ccc([C@@H](N)[C@@H](O)C2CCCC2)cc1F.Cl. The Morgan fingerprint density at radius 1 is 1.37 bits per heavy atom.